The maximum absolute atomic E-state index is 12.3. The van der Waals surface area contributed by atoms with E-state index in [2.05, 4.69) is 38.2 Å². The van der Waals surface area contributed by atoms with Crippen molar-refractivity contribution in [2.75, 3.05) is 19.8 Å². The van der Waals surface area contributed by atoms with Crippen molar-refractivity contribution in [3.63, 3.8) is 0 Å². The summed E-state index contributed by atoms with van der Waals surface area (Å²) >= 11 is 0. The van der Waals surface area contributed by atoms with Crippen LogP contribution in [0.4, 0.5) is 0 Å². The van der Waals surface area contributed by atoms with Crippen LogP contribution in [-0.4, -0.2) is 37.0 Å². The van der Waals surface area contributed by atoms with Crippen LogP contribution in [0.3, 0.4) is 0 Å². The second kappa shape index (κ2) is 53.0. The number of carbonyl (C=O) groups excluding carboxylic acids is 1. The van der Waals surface area contributed by atoms with Gasteiger partial charge in [-0.1, -0.05) is 269 Å². The molecule has 0 heterocycles. The van der Waals surface area contributed by atoms with Crippen LogP contribution in [-0.2, 0) is 14.3 Å². The Bertz CT molecular complexity index is 837. The van der Waals surface area contributed by atoms with E-state index in [4.69, 9.17) is 9.47 Å². The second-order valence-electron chi connectivity index (χ2n) is 18.3. The minimum absolute atomic E-state index is 0.168. The van der Waals surface area contributed by atoms with Crippen LogP contribution in [0.5, 0.6) is 0 Å². The first-order valence-electron chi connectivity index (χ1n) is 26.9. The summed E-state index contributed by atoms with van der Waals surface area (Å²) in [6, 6.07) is 0. The Hall–Kier alpha value is -1.13. The molecule has 0 saturated heterocycles. The quantitative estimate of drug-likeness (QED) is 0.0377. The summed E-state index contributed by atoms with van der Waals surface area (Å²) in [6.45, 7) is 5.39. The van der Waals surface area contributed by atoms with E-state index in [-0.39, 0.29) is 12.6 Å². The van der Waals surface area contributed by atoms with Crippen LogP contribution < -0.4 is 0 Å². The number of carbonyl (C=O) groups is 1. The van der Waals surface area contributed by atoms with Gasteiger partial charge in [0.1, 0.15) is 6.10 Å². The lowest BCUT2D eigenvalue weighted by Gasteiger charge is -2.16. The first kappa shape index (κ1) is 57.9. The first-order chi connectivity index (χ1) is 29.2. The third kappa shape index (κ3) is 51.1. The summed E-state index contributed by atoms with van der Waals surface area (Å²) in [5.74, 6) is -0.198. The van der Waals surface area contributed by atoms with Gasteiger partial charge in [-0.3, -0.25) is 4.79 Å². The fourth-order valence-corrected chi connectivity index (χ4v) is 8.25. The lowest BCUT2D eigenvalue weighted by Crippen LogP contribution is -2.27. The number of esters is 1. The highest BCUT2D eigenvalue weighted by atomic mass is 16.6. The topological polar surface area (TPSA) is 55.8 Å². The minimum atomic E-state index is -0.534. The van der Waals surface area contributed by atoms with Gasteiger partial charge >= 0.3 is 5.97 Å². The molecule has 0 rings (SSSR count). The van der Waals surface area contributed by atoms with Gasteiger partial charge in [0.2, 0.25) is 0 Å². The fourth-order valence-electron chi connectivity index (χ4n) is 8.25. The molecule has 59 heavy (non-hydrogen) atoms. The van der Waals surface area contributed by atoms with Crippen LogP contribution >= 0.6 is 0 Å². The van der Waals surface area contributed by atoms with Crippen molar-refractivity contribution < 1.29 is 19.4 Å². The predicted molar refractivity (Wildman–Crippen MR) is 261 cm³/mol. The molecule has 1 atom stereocenters. The summed E-state index contributed by atoms with van der Waals surface area (Å²) in [7, 11) is 0. The molecule has 0 radical (unpaired) electrons. The summed E-state index contributed by atoms with van der Waals surface area (Å²) in [5.41, 5.74) is 0. The number of ether oxygens (including phenoxy) is 2. The molecule has 350 valence electrons. The highest BCUT2D eigenvalue weighted by Gasteiger charge is 2.13. The molecular weight excluding hydrogens is 725 g/mol. The highest BCUT2D eigenvalue weighted by Crippen LogP contribution is 2.17. The molecule has 0 aliphatic heterocycles. The number of allylic oxidation sites excluding steroid dienone is 4. The monoisotopic (exact) mass is 831 g/mol. The minimum Gasteiger partial charge on any atom is -0.457 e. The summed E-state index contributed by atoms with van der Waals surface area (Å²) in [6.07, 6.45) is 67.1. The summed E-state index contributed by atoms with van der Waals surface area (Å²) in [5, 5.41) is 9.66. The van der Waals surface area contributed by atoms with E-state index in [1.165, 1.54) is 250 Å². The smallest absolute Gasteiger partial charge is 0.306 e. The number of aliphatic hydroxyl groups is 1. The van der Waals surface area contributed by atoms with Crippen LogP contribution in [0, 0.1) is 0 Å². The zero-order valence-corrected chi connectivity index (χ0v) is 40.3. The third-order valence-corrected chi connectivity index (χ3v) is 12.3. The van der Waals surface area contributed by atoms with Crippen LogP contribution in [0.2, 0.25) is 0 Å². The molecule has 4 heteroatoms. The number of rotatable bonds is 51. The predicted octanol–water partition coefficient (Wildman–Crippen LogP) is 18.2. The molecule has 0 fully saturated rings. The number of unbranched alkanes of at least 4 members (excludes halogenated alkanes) is 39. The molecule has 0 aromatic rings. The molecule has 0 spiro atoms. The molecule has 0 bridgehead atoms. The van der Waals surface area contributed by atoms with Crippen LogP contribution in [0.25, 0.3) is 0 Å². The molecule has 0 saturated carbocycles. The second-order valence-corrected chi connectivity index (χ2v) is 18.3. The van der Waals surface area contributed by atoms with Gasteiger partial charge in [0.15, 0.2) is 0 Å². The van der Waals surface area contributed by atoms with Crippen molar-refractivity contribution in [1.82, 2.24) is 0 Å². The lowest BCUT2D eigenvalue weighted by molar-refractivity contribution is -0.154. The van der Waals surface area contributed by atoms with Crippen LogP contribution in [0.15, 0.2) is 24.3 Å². The van der Waals surface area contributed by atoms with E-state index in [1.807, 2.05) is 0 Å². The Morgan fingerprint density at radius 1 is 0.407 bits per heavy atom. The first-order valence-corrected chi connectivity index (χ1v) is 26.9. The fraction of sp³-hybridized carbons (Fsp3) is 0.909. The number of hydrogen-bond donors (Lipinski definition) is 1. The maximum Gasteiger partial charge on any atom is 0.306 e. The average Bonchev–Trinajstić information content (AvgIpc) is 3.24. The largest absolute Gasteiger partial charge is 0.457 e. The Morgan fingerprint density at radius 2 is 0.712 bits per heavy atom. The van der Waals surface area contributed by atoms with Gasteiger partial charge in [0, 0.05) is 13.0 Å². The van der Waals surface area contributed by atoms with Gasteiger partial charge in [-0.2, -0.15) is 0 Å². The van der Waals surface area contributed by atoms with E-state index < -0.39 is 6.10 Å². The molecule has 0 aromatic carbocycles. The Kier molecular flexibility index (Phi) is 52.0. The van der Waals surface area contributed by atoms with Crippen molar-refractivity contribution in [3.8, 4) is 0 Å². The zero-order chi connectivity index (χ0) is 42.6. The van der Waals surface area contributed by atoms with Crippen molar-refractivity contribution in [1.29, 1.82) is 0 Å². The van der Waals surface area contributed by atoms with E-state index in [0.29, 0.717) is 19.6 Å². The van der Waals surface area contributed by atoms with E-state index in [9.17, 15) is 9.90 Å². The van der Waals surface area contributed by atoms with Gasteiger partial charge in [-0.25, -0.2) is 0 Å². The van der Waals surface area contributed by atoms with E-state index in [1.54, 1.807) is 0 Å². The molecule has 0 aromatic heterocycles. The number of hydrogen-bond acceptors (Lipinski definition) is 4. The molecule has 1 N–H and O–H groups in total. The van der Waals surface area contributed by atoms with Gasteiger partial charge in [0.05, 0.1) is 13.2 Å². The molecule has 4 nitrogen and oxygen atoms in total. The summed E-state index contributed by atoms with van der Waals surface area (Å²) in [4.78, 5) is 12.3. The Balaban J connectivity index is 3.35. The van der Waals surface area contributed by atoms with Crippen molar-refractivity contribution >= 4 is 5.97 Å². The van der Waals surface area contributed by atoms with Crippen molar-refractivity contribution in [2.24, 2.45) is 0 Å². The van der Waals surface area contributed by atoms with Crippen molar-refractivity contribution in [2.45, 2.75) is 302 Å². The lowest BCUT2D eigenvalue weighted by atomic mass is 10.0. The molecule has 0 amide bonds. The Morgan fingerprint density at radius 3 is 1.05 bits per heavy atom. The van der Waals surface area contributed by atoms with Gasteiger partial charge in [-0.15, -0.1) is 0 Å². The van der Waals surface area contributed by atoms with Gasteiger partial charge in [-0.05, 0) is 44.9 Å². The molecular formula is C55H106O4. The molecule has 1 unspecified atom stereocenters. The molecule has 0 aliphatic carbocycles. The normalized spacial score (nSPS) is 12.4. The highest BCUT2D eigenvalue weighted by molar-refractivity contribution is 5.69. The van der Waals surface area contributed by atoms with Gasteiger partial charge < -0.3 is 14.6 Å². The zero-order valence-electron chi connectivity index (χ0n) is 40.3. The maximum atomic E-state index is 12.3. The third-order valence-electron chi connectivity index (χ3n) is 12.3. The Labute approximate surface area is 370 Å². The SMILES string of the molecule is CCCCCCC/C=C\C/C=C\CCCCCCCCCCCC(=O)OC(CO)COCCCCCCCCCCCCCCCCCCCCCCCCCCCC. The van der Waals surface area contributed by atoms with E-state index in [0.717, 1.165) is 25.7 Å². The standard InChI is InChI=1S/C55H106O4/c1-3-5-7-9-11-13-15-17-19-21-23-25-26-27-28-29-31-33-35-37-39-41-43-45-47-49-51-58-53-54(52-56)59-55(57)50-48-46-44-42-40-38-36-34-32-30-24-22-20-18-16-14-12-10-8-6-4-2/h16,18,22,24,54,56H,3-15,17,19-21,23,25-53H2,1-2H3/b18-16-,24-22-. The van der Waals surface area contributed by atoms with E-state index >= 15 is 0 Å². The van der Waals surface area contributed by atoms with Crippen LogP contribution in [0.1, 0.15) is 296 Å². The summed E-state index contributed by atoms with van der Waals surface area (Å²) < 4.78 is 11.2. The van der Waals surface area contributed by atoms with Crippen molar-refractivity contribution in [3.05, 3.63) is 24.3 Å². The number of aliphatic hydroxyl groups excluding tert-OH is 1. The molecule has 0 aliphatic rings. The average molecular weight is 831 g/mol. The van der Waals surface area contributed by atoms with Gasteiger partial charge in [0.25, 0.3) is 0 Å².